The molecule has 0 heterocycles. The first-order valence-electron chi connectivity index (χ1n) is 6.64. The molecule has 7 nitrogen and oxygen atoms in total. The maximum absolute atomic E-state index is 10.7. The molecule has 2 aromatic rings. The fraction of sp³-hybridized carbons (Fsp3) is 0.0667. The average molecular weight is 330 g/mol. The fourth-order valence-corrected chi connectivity index (χ4v) is 1.88. The molecule has 0 radical (unpaired) electrons. The van der Waals surface area contributed by atoms with Gasteiger partial charge in [-0.2, -0.15) is 5.10 Å². The van der Waals surface area contributed by atoms with Crippen molar-refractivity contribution >= 4 is 29.2 Å². The Labute approximate surface area is 137 Å². The van der Waals surface area contributed by atoms with Crippen LogP contribution in [-0.4, -0.2) is 21.4 Å². The van der Waals surface area contributed by atoms with E-state index in [0.717, 1.165) is 5.56 Å². The van der Waals surface area contributed by atoms with E-state index in [1.807, 2.05) is 30.3 Å². The van der Waals surface area contributed by atoms with Crippen LogP contribution >= 0.6 is 12.2 Å². The molecule has 2 rings (SSSR count). The van der Waals surface area contributed by atoms with Crippen molar-refractivity contribution in [2.24, 2.45) is 5.10 Å². The Morgan fingerprint density at radius 3 is 2.74 bits per heavy atom. The summed E-state index contributed by atoms with van der Waals surface area (Å²) in [5.74, 6) is -0.389. The molecule has 0 aliphatic rings. The van der Waals surface area contributed by atoms with Gasteiger partial charge in [0.05, 0.1) is 11.1 Å². The molecule has 0 saturated carbocycles. The Morgan fingerprint density at radius 1 is 1.30 bits per heavy atom. The topological polar surface area (TPSA) is 99.8 Å². The number of nitro groups is 1. The van der Waals surface area contributed by atoms with Crippen molar-refractivity contribution in [3.8, 4) is 5.75 Å². The Bertz CT molecular complexity index is 735. The van der Waals surface area contributed by atoms with E-state index in [2.05, 4.69) is 15.8 Å². The zero-order valence-corrected chi connectivity index (χ0v) is 12.8. The molecular formula is C15H14N4O3S. The summed E-state index contributed by atoms with van der Waals surface area (Å²) < 4.78 is 0. The van der Waals surface area contributed by atoms with E-state index in [9.17, 15) is 15.2 Å². The summed E-state index contributed by atoms with van der Waals surface area (Å²) in [6.45, 7) is 0.562. The number of hydrazone groups is 1. The Hall–Kier alpha value is -3.00. The largest absolute Gasteiger partial charge is 0.502 e. The first kappa shape index (κ1) is 16.4. The highest BCUT2D eigenvalue weighted by molar-refractivity contribution is 7.80. The Balaban J connectivity index is 1.87. The first-order chi connectivity index (χ1) is 11.1. The van der Waals surface area contributed by atoms with Gasteiger partial charge < -0.3 is 10.4 Å². The van der Waals surface area contributed by atoms with Crippen LogP contribution in [0.2, 0.25) is 0 Å². The predicted octanol–water partition coefficient (Wildman–Crippen LogP) is 2.30. The van der Waals surface area contributed by atoms with Gasteiger partial charge in [0.15, 0.2) is 10.9 Å². The first-order valence-corrected chi connectivity index (χ1v) is 7.05. The van der Waals surface area contributed by atoms with E-state index in [1.165, 1.54) is 24.4 Å². The summed E-state index contributed by atoms with van der Waals surface area (Å²) in [6.07, 6.45) is 1.38. The monoisotopic (exact) mass is 330 g/mol. The second-order valence-electron chi connectivity index (χ2n) is 4.54. The van der Waals surface area contributed by atoms with Crippen LogP contribution in [0.25, 0.3) is 0 Å². The molecule has 0 aliphatic heterocycles. The molecule has 118 valence electrons. The maximum Gasteiger partial charge on any atom is 0.311 e. The lowest BCUT2D eigenvalue weighted by Gasteiger charge is -2.06. The second-order valence-corrected chi connectivity index (χ2v) is 4.95. The lowest BCUT2D eigenvalue weighted by molar-refractivity contribution is -0.385. The molecule has 0 bridgehead atoms. The predicted molar refractivity (Wildman–Crippen MR) is 91.4 cm³/mol. The number of phenolic OH excluding ortho intramolecular Hbond substituents is 1. The van der Waals surface area contributed by atoms with Gasteiger partial charge in [0.1, 0.15) is 0 Å². The van der Waals surface area contributed by atoms with E-state index in [0.29, 0.717) is 17.2 Å². The van der Waals surface area contributed by atoms with Crippen LogP contribution in [0.5, 0.6) is 5.75 Å². The van der Waals surface area contributed by atoms with Crippen LogP contribution in [0.3, 0.4) is 0 Å². The van der Waals surface area contributed by atoms with E-state index in [4.69, 9.17) is 12.2 Å². The zero-order chi connectivity index (χ0) is 16.7. The van der Waals surface area contributed by atoms with E-state index in [-0.39, 0.29) is 11.4 Å². The summed E-state index contributed by atoms with van der Waals surface area (Å²) in [7, 11) is 0. The summed E-state index contributed by atoms with van der Waals surface area (Å²) in [5, 5.41) is 27.3. The highest BCUT2D eigenvalue weighted by Crippen LogP contribution is 2.25. The SMILES string of the molecule is O=[N+]([O-])c1cc(/C=N/NC(=S)NCc2ccccc2)ccc1O. The Kier molecular flexibility index (Phi) is 5.59. The highest BCUT2D eigenvalue weighted by Gasteiger charge is 2.12. The Morgan fingerprint density at radius 2 is 2.04 bits per heavy atom. The summed E-state index contributed by atoms with van der Waals surface area (Å²) >= 11 is 5.07. The smallest absolute Gasteiger partial charge is 0.311 e. The van der Waals surface area contributed by atoms with Crippen molar-refractivity contribution in [3.63, 3.8) is 0 Å². The number of aromatic hydroxyl groups is 1. The number of phenols is 1. The van der Waals surface area contributed by atoms with Crippen molar-refractivity contribution < 1.29 is 10.0 Å². The van der Waals surface area contributed by atoms with E-state index >= 15 is 0 Å². The van der Waals surface area contributed by atoms with Gasteiger partial charge in [0, 0.05) is 18.2 Å². The number of rotatable bonds is 5. The molecule has 0 atom stereocenters. The molecule has 23 heavy (non-hydrogen) atoms. The van der Waals surface area contributed by atoms with E-state index < -0.39 is 4.92 Å². The summed E-state index contributed by atoms with van der Waals surface area (Å²) in [4.78, 5) is 10.1. The molecular weight excluding hydrogens is 316 g/mol. The van der Waals surface area contributed by atoms with Crippen molar-refractivity contribution in [1.29, 1.82) is 0 Å². The number of nitrogens with zero attached hydrogens (tertiary/aromatic N) is 2. The highest BCUT2D eigenvalue weighted by atomic mass is 32.1. The van der Waals surface area contributed by atoms with Crippen molar-refractivity contribution in [2.75, 3.05) is 0 Å². The van der Waals surface area contributed by atoms with Crippen LogP contribution in [0, 0.1) is 10.1 Å². The zero-order valence-electron chi connectivity index (χ0n) is 12.0. The second kappa shape index (κ2) is 7.85. The van der Waals surface area contributed by atoms with Crippen LogP contribution in [0.15, 0.2) is 53.6 Å². The minimum atomic E-state index is -0.661. The number of nitro benzene ring substituents is 1. The summed E-state index contributed by atoms with van der Waals surface area (Å²) in [6, 6.07) is 13.7. The molecule has 0 aliphatic carbocycles. The molecule has 3 N–H and O–H groups in total. The fourth-order valence-electron chi connectivity index (χ4n) is 1.75. The molecule has 0 spiro atoms. The average Bonchev–Trinajstić information content (AvgIpc) is 2.55. The van der Waals surface area contributed by atoms with Gasteiger partial charge >= 0.3 is 5.69 Å². The van der Waals surface area contributed by atoms with Crippen molar-refractivity contribution in [2.45, 2.75) is 6.54 Å². The van der Waals surface area contributed by atoms with E-state index in [1.54, 1.807) is 0 Å². The van der Waals surface area contributed by atoms with Gasteiger partial charge in [0.2, 0.25) is 0 Å². The van der Waals surface area contributed by atoms with Gasteiger partial charge in [-0.05, 0) is 29.9 Å². The van der Waals surface area contributed by atoms with Crippen molar-refractivity contribution in [1.82, 2.24) is 10.7 Å². The third kappa shape index (κ3) is 5.04. The molecule has 8 heteroatoms. The number of nitrogens with one attached hydrogen (secondary N) is 2. The molecule has 2 aromatic carbocycles. The van der Waals surface area contributed by atoms with Crippen LogP contribution in [-0.2, 0) is 6.54 Å². The normalized spacial score (nSPS) is 10.4. The molecule has 0 amide bonds. The molecule has 0 fully saturated rings. The van der Waals surface area contributed by atoms with Gasteiger partial charge in [-0.15, -0.1) is 0 Å². The number of benzene rings is 2. The molecule has 0 saturated heterocycles. The van der Waals surface area contributed by atoms with Crippen molar-refractivity contribution in [3.05, 3.63) is 69.8 Å². The number of hydrogen-bond acceptors (Lipinski definition) is 5. The number of hydrogen-bond donors (Lipinski definition) is 3. The van der Waals surface area contributed by atoms with Crippen LogP contribution in [0.4, 0.5) is 5.69 Å². The number of thiocarbonyl (C=S) groups is 1. The lowest BCUT2D eigenvalue weighted by Crippen LogP contribution is -2.31. The maximum atomic E-state index is 10.7. The third-order valence-corrected chi connectivity index (χ3v) is 3.11. The van der Waals surface area contributed by atoms with Gasteiger partial charge in [-0.1, -0.05) is 30.3 Å². The summed E-state index contributed by atoms with van der Waals surface area (Å²) in [5.41, 5.74) is 3.79. The lowest BCUT2D eigenvalue weighted by atomic mass is 10.2. The van der Waals surface area contributed by atoms with Gasteiger partial charge in [0.25, 0.3) is 0 Å². The third-order valence-electron chi connectivity index (χ3n) is 2.87. The minimum absolute atomic E-state index is 0.332. The standard InChI is InChI=1S/C15H14N4O3S/c20-14-7-6-12(8-13(14)19(21)22)10-17-18-15(23)16-9-11-4-2-1-3-5-11/h1-8,10,20H,9H2,(H2,16,18,23)/b17-10+. The van der Waals surface area contributed by atoms with Crippen LogP contribution in [0.1, 0.15) is 11.1 Å². The minimum Gasteiger partial charge on any atom is -0.502 e. The molecule has 0 unspecified atom stereocenters. The van der Waals surface area contributed by atoms with Gasteiger partial charge in [-0.25, -0.2) is 0 Å². The quantitative estimate of drug-likeness (QED) is 0.337. The van der Waals surface area contributed by atoms with Gasteiger partial charge in [-0.3, -0.25) is 15.5 Å². The van der Waals surface area contributed by atoms with Crippen LogP contribution < -0.4 is 10.7 Å². The molecule has 0 aromatic heterocycles.